The first-order valence-corrected chi connectivity index (χ1v) is 7.59. The van der Waals surface area contributed by atoms with E-state index in [2.05, 4.69) is 15.5 Å². The van der Waals surface area contributed by atoms with E-state index in [1.165, 1.54) is 0 Å². The minimum atomic E-state index is -0.0938. The number of hydrogen-bond donors (Lipinski definition) is 1. The number of hydrogen-bond acceptors (Lipinski definition) is 3. The highest BCUT2D eigenvalue weighted by molar-refractivity contribution is 6.30. The predicted octanol–water partition coefficient (Wildman–Crippen LogP) is 3.06. The largest absolute Gasteiger partial charge is 0.311 e. The van der Waals surface area contributed by atoms with Crippen molar-refractivity contribution >= 4 is 23.3 Å². The number of carbonyl (C=O) groups is 1. The monoisotopic (exact) mass is 329 g/mol. The molecular formula is C16H16ClN5O. The summed E-state index contributed by atoms with van der Waals surface area (Å²) in [6.07, 6.45) is 3.85. The summed E-state index contributed by atoms with van der Waals surface area (Å²) in [7, 11) is 0. The SMILES string of the molecule is Cc1cc(NC(=O)CCn2cccn2)n(-c2cccc(Cl)c2)n1. The fourth-order valence-corrected chi connectivity index (χ4v) is 2.43. The average Bonchev–Trinajstić information content (AvgIpc) is 3.15. The summed E-state index contributed by atoms with van der Waals surface area (Å²) in [6.45, 7) is 2.41. The Hall–Kier alpha value is -2.60. The number of aromatic nitrogens is 4. The van der Waals surface area contributed by atoms with E-state index in [0.29, 0.717) is 23.8 Å². The van der Waals surface area contributed by atoms with Gasteiger partial charge in [0.05, 0.1) is 11.4 Å². The van der Waals surface area contributed by atoms with Crippen molar-refractivity contribution in [3.05, 3.63) is 59.5 Å². The van der Waals surface area contributed by atoms with Crippen LogP contribution in [0.15, 0.2) is 48.8 Å². The molecule has 0 spiro atoms. The van der Waals surface area contributed by atoms with Crippen LogP contribution < -0.4 is 5.32 Å². The fraction of sp³-hybridized carbons (Fsp3) is 0.188. The lowest BCUT2D eigenvalue weighted by molar-refractivity contribution is -0.116. The third-order valence-electron chi connectivity index (χ3n) is 3.28. The Morgan fingerprint density at radius 2 is 2.17 bits per heavy atom. The summed E-state index contributed by atoms with van der Waals surface area (Å²) in [6, 6.07) is 11.0. The Kier molecular flexibility index (Phi) is 4.43. The highest BCUT2D eigenvalue weighted by Crippen LogP contribution is 2.20. The molecule has 2 heterocycles. The first kappa shape index (κ1) is 15.3. The molecule has 118 valence electrons. The molecule has 1 amide bonds. The molecule has 6 nitrogen and oxygen atoms in total. The first-order valence-electron chi connectivity index (χ1n) is 7.22. The van der Waals surface area contributed by atoms with Crippen LogP contribution in [0.4, 0.5) is 5.82 Å². The number of anilines is 1. The van der Waals surface area contributed by atoms with E-state index in [9.17, 15) is 4.79 Å². The fourth-order valence-electron chi connectivity index (χ4n) is 2.25. The van der Waals surface area contributed by atoms with Crippen LogP contribution in [0.5, 0.6) is 0 Å². The molecule has 0 saturated carbocycles. The van der Waals surface area contributed by atoms with Crippen molar-refractivity contribution in [2.24, 2.45) is 0 Å². The molecule has 0 aliphatic carbocycles. The zero-order valence-corrected chi connectivity index (χ0v) is 13.4. The Labute approximate surface area is 138 Å². The van der Waals surface area contributed by atoms with E-state index in [4.69, 9.17) is 11.6 Å². The second-order valence-corrected chi connectivity index (χ2v) is 5.57. The second kappa shape index (κ2) is 6.66. The van der Waals surface area contributed by atoms with Gasteiger partial charge in [-0.05, 0) is 31.2 Å². The van der Waals surface area contributed by atoms with E-state index in [-0.39, 0.29) is 5.91 Å². The van der Waals surface area contributed by atoms with Crippen molar-refractivity contribution in [1.82, 2.24) is 19.6 Å². The van der Waals surface area contributed by atoms with Gasteiger partial charge in [-0.15, -0.1) is 0 Å². The number of amides is 1. The van der Waals surface area contributed by atoms with E-state index >= 15 is 0 Å². The van der Waals surface area contributed by atoms with Crippen molar-refractivity contribution in [2.45, 2.75) is 19.9 Å². The Morgan fingerprint density at radius 3 is 2.91 bits per heavy atom. The molecule has 3 aromatic rings. The number of nitrogens with one attached hydrogen (secondary N) is 1. The molecule has 7 heteroatoms. The van der Waals surface area contributed by atoms with Crippen LogP contribution in [0.2, 0.25) is 5.02 Å². The number of rotatable bonds is 5. The minimum absolute atomic E-state index is 0.0938. The van der Waals surface area contributed by atoms with Crippen molar-refractivity contribution in [3.63, 3.8) is 0 Å². The Morgan fingerprint density at radius 1 is 1.30 bits per heavy atom. The molecule has 3 rings (SSSR count). The van der Waals surface area contributed by atoms with Crippen molar-refractivity contribution in [1.29, 1.82) is 0 Å². The molecule has 0 radical (unpaired) electrons. The van der Waals surface area contributed by atoms with Crippen LogP contribution in [0.3, 0.4) is 0 Å². The molecule has 1 aromatic carbocycles. The maximum Gasteiger partial charge on any atom is 0.227 e. The second-order valence-electron chi connectivity index (χ2n) is 5.13. The molecule has 0 unspecified atom stereocenters. The third kappa shape index (κ3) is 3.78. The zero-order valence-electron chi connectivity index (χ0n) is 12.6. The van der Waals surface area contributed by atoms with E-state index in [1.54, 1.807) is 27.7 Å². The van der Waals surface area contributed by atoms with Crippen molar-refractivity contribution < 1.29 is 4.79 Å². The van der Waals surface area contributed by atoms with Gasteiger partial charge in [0.15, 0.2) is 0 Å². The van der Waals surface area contributed by atoms with E-state index < -0.39 is 0 Å². The van der Waals surface area contributed by atoms with Crippen LogP contribution in [0, 0.1) is 6.92 Å². The molecule has 1 N–H and O–H groups in total. The Bertz CT molecular complexity index is 810. The highest BCUT2D eigenvalue weighted by atomic mass is 35.5. The van der Waals surface area contributed by atoms with Crippen LogP contribution in [0.1, 0.15) is 12.1 Å². The van der Waals surface area contributed by atoms with Gasteiger partial charge in [0.25, 0.3) is 0 Å². The van der Waals surface area contributed by atoms with Crippen LogP contribution in [-0.2, 0) is 11.3 Å². The van der Waals surface area contributed by atoms with Crippen LogP contribution in [-0.4, -0.2) is 25.5 Å². The van der Waals surface area contributed by atoms with Gasteiger partial charge in [0, 0.05) is 36.4 Å². The molecular weight excluding hydrogens is 314 g/mol. The molecule has 0 fully saturated rings. The van der Waals surface area contributed by atoms with E-state index in [1.807, 2.05) is 37.4 Å². The van der Waals surface area contributed by atoms with Gasteiger partial charge < -0.3 is 5.32 Å². The van der Waals surface area contributed by atoms with Gasteiger partial charge in [-0.3, -0.25) is 9.48 Å². The number of halogens is 1. The molecule has 0 bridgehead atoms. The quantitative estimate of drug-likeness (QED) is 0.782. The van der Waals surface area contributed by atoms with Gasteiger partial charge in [-0.1, -0.05) is 17.7 Å². The summed E-state index contributed by atoms with van der Waals surface area (Å²) < 4.78 is 3.39. The maximum absolute atomic E-state index is 12.1. The lowest BCUT2D eigenvalue weighted by Crippen LogP contribution is -2.17. The summed E-state index contributed by atoms with van der Waals surface area (Å²) in [5, 5.41) is 12.0. The molecule has 23 heavy (non-hydrogen) atoms. The predicted molar refractivity (Wildman–Crippen MR) is 88.8 cm³/mol. The van der Waals surface area contributed by atoms with Gasteiger partial charge >= 0.3 is 0 Å². The summed E-state index contributed by atoms with van der Waals surface area (Å²) in [5.41, 5.74) is 1.61. The summed E-state index contributed by atoms with van der Waals surface area (Å²) in [5.74, 6) is 0.527. The van der Waals surface area contributed by atoms with E-state index in [0.717, 1.165) is 11.4 Å². The van der Waals surface area contributed by atoms with Gasteiger partial charge in [0.1, 0.15) is 5.82 Å². The first-order chi connectivity index (χ1) is 11.1. The van der Waals surface area contributed by atoms with Gasteiger partial charge in [-0.2, -0.15) is 10.2 Å². The molecule has 0 atom stereocenters. The summed E-state index contributed by atoms with van der Waals surface area (Å²) in [4.78, 5) is 12.1. The molecule has 0 aliphatic rings. The molecule has 0 aliphatic heterocycles. The normalized spacial score (nSPS) is 10.7. The molecule has 2 aromatic heterocycles. The topological polar surface area (TPSA) is 64.7 Å². The van der Waals surface area contributed by atoms with Crippen LogP contribution >= 0.6 is 11.6 Å². The lowest BCUT2D eigenvalue weighted by atomic mass is 10.3. The van der Waals surface area contributed by atoms with Crippen molar-refractivity contribution in [2.75, 3.05) is 5.32 Å². The third-order valence-corrected chi connectivity index (χ3v) is 3.51. The molecule has 0 saturated heterocycles. The van der Waals surface area contributed by atoms with Crippen molar-refractivity contribution in [3.8, 4) is 5.69 Å². The van der Waals surface area contributed by atoms with Crippen LogP contribution in [0.25, 0.3) is 5.69 Å². The number of nitrogens with zero attached hydrogens (tertiary/aromatic N) is 4. The zero-order chi connectivity index (χ0) is 16.2. The number of benzene rings is 1. The van der Waals surface area contributed by atoms with Gasteiger partial charge in [0.2, 0.25) is 5.91 Å². The summed E-state index contributed by atoms with van der Waals surface area (Å²) >= 11 is 6.03. The smallest absolute Gasteiger partial charge is 0.227 e. The number of carbonyl (C=O) groups excluding carboxylic acids is 1. The maximum atomic E-state index is 12.1. The lowest BCUT2D eigenvalue weighted by Gasteiger charge is -2.09. The highest BCUT2D eigenvalue weighted by Gasteiger charge is 2.11. The Balaban J connectivity index is 1.74. The average molecular weight is 330 g/mol. The standard InChI is InChI=1S/C16H16ClN5O/c1-12-10-15(19-16(23)6-9-21-8-3-7-18-21)22(20-12)14-5-2-4-13(17)11-14/h2-5,7-8,10-11H,6,9H2,1H3,(H,19,23). The van der Waals surface area contributed by atoms with Gasteiger partial charge in [-0.25, -0.2) is 4.68 Å². The minimum Gasteiger partial charge on any atom is -0.311 e. The number of aryl methyl sites for hydroxylation is 2.